The zero-order valence-corrected chi connectivity index (χ0v) is 18.1. The van der Waals surface area contributed by atoms with Gasteiger partial charge in [0.2, 0.25) is 5.88 Å². The molecule has 8 nitrogen and oxygen atoms in total. The Morgan fingerprint density at radius 3 is 2.67 bits per heavy atom. The van der Waals surface area contributed by atoms with Crippen LogP contribution in [0.4, 0.5) is 11.5 Å². The molecule has 160 valence electrons. The molecule has 9 heteroatoms. The van der Waals surface area contributed by atoms with Crippen LogP contribution in [0.3, 0.4) is 0 Å². The van der Waals surface area contributed by atoms with Crippen LogP contribution in [0.15, 0.2) is 30.3 Å². The summed E-state index contributed by atoms with van der Waals surface area (Å²) in [4.78, 5) is 15.0. The molecule has 30 heavy (non-hydrogen) atoms. The second-order valence-corrected chi connectivity index (χ2v) is 5.55. The molecule has 0 fully saturated rings. The van der Waals surface area contributed by atoms with Gasteiger partial charge in [-0.2, -0.15) is 10.2 Å². The molecule has 0 bridgehead atoms. The summed E-state index contributed by atoms with van der Waals surface area (Å²) in [6.45, 7) is 9.83. The monoisotopic (exact) mass is 413 g/mol. The fraction of sp³-hybridized carbons (Fsp3) is 0.381. The lowest BCUT2D eigenvalue weighted by atomic mass is 9.79. The van der Waals surface area contributed by atoms with Gasteiger partial charge < -0.3 is 24.5 Å². The van der Waals surface area contributed by atoms with E-state index in [-0.39, 0.29) is 24.7 Å². The van der Waals surface area contributed by atoms with Gasteiger partial charge in [0.1, 0.15) is 30.7 Å². The molecule has 2 N–H and O–H groups in total. The number of nitriles is 1. The number of anilines is 2. The van der Waals surface area contributed by atoms with Gasteiger partial charge in [0.25, 0.3) is 0 Å². The number of ether oxygens (including phenoxy) is 2. The lowest BCUT2D eigenvalue weighted by molar-refractivity contribution is -0.141. The number of nitrogens with one attached hydrogen (secondary N) is 1. The highest BCUT2D eigenvalue weighted by atomic mass is 16.6. The highest BCUT2D eigenvalue weighted by Gasteiger charge is 2.27. The zero-order chi connectivity index (χ0) is 22.5. The van der Waals surface area contributed by atoms with Gasteiger partial charge in [-0.3, -0.25) is 4.79 Å². The Balaban J connectivity index is 0.00000106. The average Bonchev–Trinajstić information content (AvgIpc) is 3.14. The molecule has 0 saturated heterocycles. The van der Waals surface area contributed by atoms with Crippen LogP contribution in [-0.4, -0.2) is 36.3 Å². The number of aromatic nitrogens is 1. The van der Waals surface area contributed by atoms with Crippen LogP contribution in [0.1, 0.15) is 45.7 Å². The van der Waals surface area contributed by atoms with Gasteiger partial charge in [0.15, 0.2) is 0 Å². The highest BCUT2D eigenvalue weighted by molar-refractivity contribution is 6.61. The largest absolute Gasteiger partial charge is 0.491 e. The molecule has 1 aromatic carbocycles. The lowest BCUT2D eigenvalue weighted by Crippen LogP contribution is -2.27. The number of fused-ring (bicyclic) bond motifs is 1. The summed E-state index contributed by atoms with van der Waals surface area (Å²) >= 11 is 0. The first-order chi connectivity index (χ1) is 14.6. The number of pyridine rings is 1. The summed E-state index contributed by atoms with van der Waals surface area (Å²) in [5.74, 6) is 0.249. The Morgan fingerprint density at radius 1 is 1.27 bits per heavy atom. The second kappa shape index (κ2) is 13.2. The molecular weight excluding hydrogens is 385 g/mol. The topological polar surface area (TPSA) is 114 Å². The maximum Gasteiger partial charge on any atom is 0.491 e. The van der Waals surface area contributed by atoms with Crippen molar-refractivity contribution in [1.82, 2.24) is 4.98 Å². The standard InChI is InChI=1S/C17H16BN3O5.2C2H6/c1-11(22)24-6-7-25-17-12(9-19)2-5-16(21-17)20-14-3-4-15-13(8-14)10-26-18(15)23;2*1-2/h2-5,8,23H,6-7,10H2,1H3,(H,20,21);2*1-2H3. The van der Waals surface area contributed by atoms with E-state index in [4.69, 9.17) is 19.4 Å². The molecule has 2 aromatic rings. The predicted octanol–water partition coefficient (Wildman–Crippen LogP) is 2.91. The van der Waals surface area contributed by atoms with E-state index in [2.05, 4.69) is 10.3 Å². The number of rotatable bonds is 6. The Hall–Kier alpha value is -3.09. The number of carbonyl (C=O) groups is 1. The third-order valence-corrected chi connectivity index (χ3v) is 3.69. The minimum atomic E-state index is -0.885. The first kappa shape index (κ1) is 25.0. The lowest BCUT2D eigenvalue weighted by Gasteiger charge is -2.11. The fourth-order valence-corrected chi connectivity index (χ4v) is 2.48. The minimum absolute atomic E-state index is 0.0761. The van der Waals surface area contributed by atoms with E-state index in [1.807, 2.05) is 39.8 Å². The first-order valence-corrected chi connectivity index (χ1v) is 9.93. The number of benzene rings is 1. The second-order valence-electron chi connectivity index (χ2n) is 5.55. The summed E-state index contributed by atoms with van der Waals surface area (Å²) in [5.41, 5.74) is 2.69. The summed E-state index contributed by atoms with van der Waals surface area (Å²) < 4.78 is 15.4. The number of hydrogen-bond acceptors (Lipinski definition) is 8. The van der Waals surface area contributed by atoms with E-state index in [9.17, 15) is 9.82 Å². The molecule has 1 aliphatic rings. The molecule has 0 aliphatic carbocycles. The van der Waals surface area contributed by atoms with Crippen molar-refractivity contribution in [2.45, 2.75) is 41.2 Å². The van der Waals surface area contributed by atoms with Crippen LogP contribution < -0.4 is 15.5 Å². The number of esters is 1. The minimum Gasteiger partial charge on any atom is -0.473 e. The van der Waals surface area contributed by atoms with Crippen molar-refractivity contribution in [2.24, 2.45) is 0 Å². The van der Waals surface area contributed by atoms with Crippen LogP contribution in [-0.2, 0) is 20.8 Å². The van der Waals surface area contributed by atoms with Crippen LogP contribution in [0.5, 0.6) is 5.88 Å². The number of nitrogens with zero attached hydrogens (tertiary/aromatic N) is 2. The van der Waals surface area contributed by atoms with Gasteiger partial charge in [0, 0.05) is 12.6 Å². The van der Waals surface area contributed by atoms with Gasteiger partial charge in [-0.1, -0.05) is 33.8 Å². The van der Waals surface area contributed by atoms with Crippen molar-refractivity contribution in [1.29, 1.82) is 5.26 Å². The van der Waals surface area contributed by atoms with Gasteiger partial charge in [-0.05, 0) is 35.3 Å². The zero-order valence-electron chi connectivity index (χ0n) is 18.1. The summed E-state index contributed by atoms with van der Waals surface area (Å²) in [5, 5.41) is 21.9. The van der Waals surface area contributed by atoms with Crippen molar-refractivity contribution < 1.29 is 23.9 Å². The molecular formula is C21H28BN3O5. The summed E-state index contributed by atoms with van der Waals surface area (Å²) in [6.07, 6.45) is 0. The normalized spacial score (nSPS) is 11.0. The molecule has 1 aliphatic heterocycles. The van der Waals surface area contributed by atoms with Gasteiger partial charge in [0.05, 0.1) is 6.61 Å². The van der Waals surface area contributed by atoms with Crippen molar-refractivity contribution in [3.63, 3.8) is 0 Å². The van der Waals surface area contributed by atoms with Crippen LogP contribution in [0, 0.1) is 11.3 Å². The summed E-state index contributed by atoms with van der Waals surface area (Å²) in [7, 11) is -0.885. The van der Waals surface area contributed by atoms with Crippen LogP contribution in [0.2, 0.25) is 0 Å². The van der Waals surface area contributed by atoms with Gasteiger partial charge >= 0.3 is 13.1 Å². The van der Waals surface area contributed by atoms with E-state index in [1.165, 1.54) is 6.92 Å². The van der Waals surface area contributed by atoms with Gasteiger partial charge in [-0.15, -0.1) is 0 Å². The first-order valence-electron chi connectivity index (χ1n) is 9.93. The molecule has 3 rings (SSSR count). The highest BCUT2D eigenvalue weighted by Crippen LogP contribution is 2.22. The third kappa shape index (κ3) is 7.06. The Kier molecular flexibility index (Phi) is 11.0. The Morgan fingerprint density at radius 2 is 2.00 bits per heavy atom. The molecule has 1 aromatic heterocycles. The van der Waals surface area contributed by atoms with E-state index >= 15 is 0 Å². The van der Waals surface area contributed by atoms with E-state index in [0.717, 1.165) is 16.7 Å². The molecule has 0 atom stereocenters. The molecule has 0 amide bonds. The molecule has 0 radical (unpaired) electrons. The maximum atomic E-state index is 10.8. The predicted molar refractivity (Wildman–Crippen MR) is 116 cm³/mol. The number of hydrogen-bond donors (Lipinski definition) is 2. The molecule has 2 heterocycles. The van der Waals surface area contributed by atoms with Crippen molar-refractivity contribution >= 4 is 30.1 Å². The molecule has 0 saturated carbocycles. The fourth-order valence-electron chi connectivity index (χ4n) is 2.48. The maximum absolute atomic E-state index is 10.8. The van der Waals surface area contributed by atoms with Crippen LogP contribution in [0.25, 0.3) is 0 Å². The quantitative estimate of drug-likeness (QED) is 0.422. The van der Waals surface area contributed by atoms with E-state index in [1.54, 1.807) is 24.3 Å². The van der Waals surface area contributed by atoms with E-state index < -0.39 is 13.1 Å². The van der Waals surface area contributed by atoms with Crippen molar-refractivity contribution in [3.8, 4) is 11.9 Å². The molecule has 0 unspecified atom stereocenters. The smallest absolute Gasteiger partial charge is 0.473 e. The van der Waals surface area contributed by atoms with E-state index in [0.29, 0.717) is 12.4 Å². The third-order valence-electron chi connectivity index (χ3n) is 3.69. The van der Waals surface area contributed by atoms with Gasteiger partial charge in [-0.25, -0.2) is 0 Å². The van der Waals surface area contributed by atoms with Crippen molar-refractivity contribution in [3.05, 3.63) is 41.5 Å². The Bertz CT molecular complexity index is 870. The summed E-state index contributed by atoms with van der Waals surface area (Å²) in [6, 6.07) is 10.7. The SMILES string of the molecule is CC.CC.CC(=O)OCCOc1nc(Nc2ccc3c(c2)COB3O)ccc1C#N. The van der Waals surface area contributed by atoms with Crippen molar-refractivity contribution in [2.75, 3.05) is 18.5 Å². The Labute approximate surface area is 177 Å². The number of carbonyl (C=O) groups excluding carboxylic acids is 1. The average molecular weight is 413 g/mol. The van der Waals surface area contributed by atoms with Crippen LogP contribution >= 0.6 is 0 Å². The molecule has 0 spiro atoms.